The molecule has 7 nitrogen and oxygen atoms in total. The summed E-state index contributed by atoms with van der Waals surface area (Å²) in [5, 5.41) is 3.30. The van der Waals surface area contributed by atoms with Crippen LogP contribution in [0.4, 0.5) is 4.39 Å². The van der Waals surface area contributed by atoms with Crippen molar-refractivity contribution in [3.63, 3.8) is 0 Å². The Morgan fingerprint density at radius 1 is 1.21 bits per heavy atom. The quantitative estimate of drug-likeness (QED) is 0.594. The van der Waals surface area contributed by atoms with Gasteiger partial charge in [0.2, 0.25) is 0 Å². The lowest BCUT2D eigenvalue weighted by Crippen LogP contribution is -2.53. The summed E-state index contributed by atoms with van der Waals surface area (Å²) in [5.74, 6) is 0.776. The van der Waals surface area contributed by atoms with Crippen molar-refractivity contribution >= 4 is 11.9 Å². The van der Waals surface area contributed by atoms with Crippen LogP contribution in [0.1, 0.15) is 29.1 Å². The molecule has 1 unspecified atom stereocenters. The van der Waals surface area contributed by atoms with E-state index >= 15 is 0 Å². The van der Waals surface area contributed by atoms with Crippen LogP contribution in [-0.4, -0.2) is 68.0 Å². The van der Waals surface area contributed by atoms with E-state index in [1.807, 2.05) is 6.92 Å². The number of hydrogen-bond donors (Lipinski definition) is 1. The highest BCUT2D eigenvalue weighted by Gasteiger charge is 2.25. The third-order valence-electron chi connectivity index (χ3n) is 4.87. The maximum absolute atomic E-state index is 13.2. The lowest BCUT2D eigenvalue weighted by Gasteiger charge is -2.36. The number of guanidine groups is 1. The number of furan rings is 1. The molecule has 1 aliphatic heterocycles. The summed E-state index contributed by atoms with van der Waals surface area (Å²) >= 11 is 0. The molecule has 1 N–H and O–H groups in total. The Balaban J connectivity index is 1.61. The first kappa shape index (κ1) is 20.9. The molecule has 29 heavy (non-hydrogen) atoms. The van der Waals surface area contributed by atoms with Crippen LogP contribution < -0.4 is 5.32 Å². The van der Waals surface area contributed by atoms with E-state index in [0.29, 0.717) is 38.5 Å². The lowest BCUT2D eigenvalue weighted by molar-refractivity contribution is 0.0657. The third kappa shape index (κ3) is 5.35. The third-order valence-corrected chi connectivity index (χ3v) is 4.87. The first-order valence-corrected chi connectivity index (χ1v) is 9.76. The summed E-state index contributed by atoms with van der Waals surface area (Å²) in [4.78, 5) is 21.1. The monoisotopic (exact) mass is 402 g/mol. The second-order valence-corrected chi connectivity index (χ2v) is 6.73. The van der Waals surface area contributed by atoms with Crippen molar-refractivity contribution < 1.29 is 18.3 Å². The maximum Gasteiger partial charge on any atom is 0.289 e. The Labute approximate surface area is 170 Å². The minimum atomic E-state index is -0.276. The highest BCUT2D eigenvalue weighted by atomic mass is 19.1. The minimum Gasteiger partial charge on any atom is -0.459 e. The maximum atomic E-state index is 13.2. The van der Waals surface area contributed by atoms with E-state index in [0.717, 1.165) is 18.1 Å². The summed E-state index contributed by atoms with van der Waals surface area (Å²) < 4.78 is 23.9. The molecule has 156 valence electrons. The van der Waals surface area contributed by atoms with Crippen molar-refractivity contribution in [2.75, 3.05) is 46.4 Å². The number of nitrogens with one attached hydrogen (secondary N) is 1. The Morgan fingerprint density at radius 3 is 2.48 bits per heavy atom. The average molecular weight is 402 g/mol. The van der Waals surface area contributed by atoms with Gasteiger partial charge in [-0.1, -0.05) is 12.1 Å². The van der Waals surface area contributed by atoms with Gasteiger partial charge in [-0.05, 0) is 36.8 Å². The molecule has 0 spiro atoms. The van der Waals surface area contributed by atoms with Gasteiger partial charge in [-0.3, -0.25) is 9.79 Å². The molecule has 0 saturated carbocycles. The number of halogens is 1. The fourth-order valence-electron chi connectivity index (χ4n) is 3.27. The highest BCUT2D eigenvalue weighted by molar-refractivity contribution is 5.91. The molecule has 3 rings (SSSR count). The van der Waals surface area contributed by atoms with Gasteiger partial charge in [0, 0.05) is 39.8 Å². The van der Waals surface area contributed by atoms with E-state index in [1.54, 1.807) is 36.3 Å². The number of carbonyl (C=O) groups is 1. The molecule has 0 bridgehead atoms. The number of ether oxygens (including phenoxy) is 1. The normalized spacial score (nSPS) is 16.0. The minimum absolute atomic E-state index is 0.0904. The fraction of sp³-hybridized carbons (Fsp3) is 0.429. The second kappa shape index (κ2) is 10.1. The van der Waals surface area contributed by atoms with E-state index in [9.17, 15) is 9.18 Å². The molecule has 8 heteroatoms. The van der Waals surface area contributed by atoms with Gasteiger partial charge in [-0.15, -0.1) is 0 Å². The number of benzene rings is 1. The summed E-state index contributed by atoms with van der Waals surface area (Å²) in [6.07, 6.45) is 1.25. The molecule has 1 atom stereocenters. The number of methoxy groups -OCH3 is 1. The molecule has 0 aliphatic carbocycles. The van der Waals surface area contributed by atoms with Crippen LogP contribution in [0, 0.1) is 5.82 Å². The van der Waals surface area contributed by atoms with E-state index in [2.05, 4.69) is 10.2 Å². The van der Waals surface area contributed by atoms with E-state index < -0.39 is 0 Å². The predicted octanol–water partition coefficient (Wildman–Crippen LogP) is 2.53. The van der Waals surface area contributed by atoms with Crippen molar-refractivity contribution in [1.82, 2.24) is 15.1 Å². The second-order valence-electron chi connectivity index (χ2n) is 6.73. The molecule has 1 aromatic heterocycles. The van der Waals surface area contributed by atoms with Gasteiger partial charge in [0.05, 0.1) is 12.8 Å². The van der Waals surface area contributed by atoms with Gasteiger partial charge >= 0.3 is 0 Å². The Kier molecular flexibility index (Phi) is 7.24. The molecule has 2 aromatic rings. The van der Waals surface area contributed by atoms with Crippen LogP contribution in [-0.2, 0) is 4.74 Å². The standard InChI is InChI=1S/C21H27FN4O3/c1-3-23-21(24-15-19(28-2)16-6-8-17(22)9-7-16)26-12-10-25(11-13-26)20(27)18-5-4-14-29-18/h4-9,14,19H,3,10-13,15H2,1-2H3,(H,23,24). The van der Waals surface area contributed by atoms with E-state index in [1.165, 1.54) is 18.4 Å². The summed E-state index contributed by atoms with van der Waals surface area (Å²) in [7, 11) is 1.62. The van der Waals surface area contributed by atoms with Crippen LogP contribution in [0.15, 0.2) is 52.1 Å². The van der Waals surface area contributed by atoms with Gasteiger partial charge in [-0.2, -0.15) is 0 Å². The summed E-state index contributed by atoms with van der Waals surface area (Å²) in [6.45, 7) is 5.69. The van der Waals surface area contributed by atoms with Crippen molar-refractivity contribution in [2.45, 2.75) is 13.0 Å². The van der Waals surface area contributed by atoms with Crippen LogP contribution in [0.2, 0.25) is 0 Å². The Hall–Kier alpha value is -2.87. The molecule has 1 amide bonds. The molecule has 1 aliphatic rings. The average Bonchev–Trinajstić information content (AvgIpc) is 3.29. The van der Waals surface area contributed by atoms with Crippen molar-refractivity contribution in [3.05, 3.63) is 59.8 Å². The topological polar surface area (TPSA) is 70.3 Å². The first-order chi connectivity index (χ1) is 14.1. The van der Waals surface area contributed by atoms with Crippen LogP contribution in [0.3, 0.4) is 0 Å². The Bertz CT molecular complexity index is 800. The van der Waals surface area contributed by atoms with Crippen LogP contribution in [0.5, 0.6) is 0 Å². The predicted molar refractivity (Wildman–Crippen MR) is 108 cm³/mol. The SMILES string of the molecule is CCNC(=NCC(OC)c1ccc(F)cc1)N1CCN(C(=O)c2ccco2)CC1. The number of rotatable bonds is 6. The van der Waals surface area contributed by atoms with E-state index in [4.69, 9.17) is 14.1 Å². The number of piperazine rings is 1. The number of aliphatic imine (C=N–C) groups is 1. The van der Waals surface area contributed by atoms with Gasteiger partial charge in [0.15, 0.2) is 11.7 Å². The van der Waals surface area contributed by atoms with Crippen molar-refractivity contribution in [3.8, 4) is 0 Å². The number of amides is 1. The summed E-state index contributed by atoms with van der Waals surface area (Å²) in [5.41, 5.74) is 0.877. The summed E-state index contributed by atoms with van der Waals surface area (Å²) in [6, 6.07) is 9.67. The van der Waals surface area contributed by atoms with Gasteiger partial charge in [0.25, 0.3) is 5.91 Å². The van der Waals surface area contributed by atoms with Gasteiger partial charge < -0.3 is 24.3 Å². The number of carbonyl (C=O) groups excluding carboxylic acids is 1. The lowest BCUT2D eigenvalue weighted by atomic mass is 10.1. The number of hydrogen-bond acceptors (Lipinski definition) is 4. The molecular formula is C21H27FN4O3. The Morgan fingerprint density at radius 2 is 1.90 bits per heavy atom. The highest BCUT2D eigenvalue weighted by Crippen LogP contribution is 2.18. The largest absolute Gasteiger partial charge is 0.459 e. The molecule has 0 radical (unpaired) electrons. The van der Waals surface area contributed by atoms with Gasteiger partial charge in [0.1, 0.15) is 11.9 Å². The zero-order valence-electron chi connectivity index (χ0n) is 16.8. The molecule has 2 heterocycles. The zero-order chi connectivity index (χ0) is 20.6. The van der Waals surface area contributed by atoms with E-state index in [-0.39, 0.29) is 17.8 Å². The van der Waals surface area contributed by atoms with Crippen molar-refractivity contribution in [1.29, 1.82) is 0 Å². The molecule has 1 saturated heterocycles. The first-order valence-electron chi connectivity index (χ1n) is 9.76. The fourth-order valence-corrected chi connectivity index (χ4v) is 3.27. The van der Waals surface area contributed by atoms with Gasteiger partial charge in [-0.25, -0.2) is 4.39 Å². The molecule has 1 aromatic carbocycles. The van der Waals surface area contributed by atoms with Crippen LogP contribution in [0.25, 0.3) is 0 Å². The number of nitrogens with zero attached hydrogens (tertiary/aromatic N) is 3. The zero-order valence-corrected chi connectivity index (χ0v) is 16.8. The van der Waals surface area contributed by atoms with Crippen molar-refractivity contribution in [2.24, 2.45) is 4.99 Å². The smallest absolute Gasteiger partial charge is 0.289 e. The molecule has 1 fully saturated rings. The van der Waals surface area contributed by atoms with Crippen LogP contribution >= 0.6 is 0 Å². The molecular weight excluding hydrogens is 375 g/mol.